The van der Waals surface area contributed by atoms with Crippen molar-refractivity contribution >= 4 is 0 Å². The molecule has 3 heteroatoms. The zero-order chi connectivity index (χ0) is 11.5. The first-order valence-corrected chi connectivity index (χ1v) is 4.73. The normalized spacial score (nSPS) is 9.69. The maximum Gasteiger partial charge on any atom is 0.133 e. The van der Waals surface area contributed by atoms with Crippen LogP contribution in [0.25, 0.3) is 11.1 Å². The lowest BCUT2D eigenvalue weighted by molar-refractivity contribution is 0.473. The van der Waals surface area contributed by atoms with Crippen LogP contribution in [-0.2, 0) is 0 Å². The molecular formula is C13H9NO2. The van der Waals surface area contributed by atoms with Crippen LogP contribution in [0.15, 0.2) is 42.5 Å². The van der Waals surface area contributed by atoms with Crippen molar-refractivity contribution in [3.05, 3.63) is 48.0 Å². The lowest BCUT2D eigenvalue weighted by Crippen LogP contribution is -1.80. The molecular weight excluding hydrogens is 202 g/mol. The van der Waals surface area contributed by atoms with Gasteiger partial charge in [0.05, 0.1) is 5.56 Å². The van der Waals surface area contributed by atoms with Gasteiger partial charge >= 0.3 is 0 Å². The molecule has 0 saturated carbocycles. The van der Waals surface area contributed by atoms with Crippen molar-refractivity contribution < 1.29 is 10.2 Å². The van der Waals surface area contributed by atoms with Gasteiger partial charge in [0.15, 0.2) is 0 Å². The summed E-state index contributed by atoms with van der Waals surface area (Å²) in [7, 11) is 0. The van der Waals surface area contributed by atoms with Crippen LogP contribution in [0.5, 0.6) is 11.5 Å². The Hall–Kier alpha value is -2.47. The number of nitrogens with zero attached hydrogens (tertiary/aromatic N) is 1. The smallest absolute Gasteiger partial charge is 0.133 e. The highest BCUT2D eigenvalue weighted by Gasteiger charge is 2.03. The molecule has 2 rings (SSSR count). The molecule has 0 radical (unpaired) electrons. The van der Waals surface area contributed by atoms with Crippen LogP contribution in [0.4, 0.5) is 0 Å². The second kappa shape index (κ2) is 3.95. The van der Waals surface area contributed by atoms with E-state index in [0.29, 0.717) is 0 Å². The zero-order valence-corrected chi connectivity index (χ0v) is 8.38. The Morgan fingerprint density at radius 3 is 2.31 bits per heavy atom. The summed E-state index contributed by atoms with van der Waals surface area (Å²) in [5.74, 6) is 0.115. The number of nitriles is 1. The molecule has 16 heavy (non-hydrogen) atoms. The van der Waals surface area contributed by atoms with Gasteiger partial charge in [0, 0.05) is 0 Å². The number of rotatable bonds is 1. The molecule has 0 aliphatic heterocycles. The van der Waals surface area contributed by atoms with Gasteiger partial charge in [-0.2, -0.15) is 5.26 Å². The minimum absolute atomic E-state index is 0.0525. The number of phenolic OH excluding ortho intramolecular Hbond substituents is 2. The molecule has 0 saturated heterocycles. The molecule has 0 spiro atoms. The first-order chi connectivity index (χ1) is 7.70. The minimum Gasteiger partial charge on any atom is -0.508 e. The van der Waals surface area contributed by atoms with Gasteiger partial charge in [-0.3, -0.25) is 0 Å². The van der Waals surface area contributed by atoms with E-state index >= 15 is 0 Å². The summed E-state index contributed by atoms with van der Waals surface area (Å²) in [5.41, 5.74) is 1.79. The van der Waals surface area contributed by atoms with E-state index in [1.807, 2.05) is 12.1 Å². The summed E-state index contributed by atoms with van der Waals surface area (Å²) in [6, 6.07) is 13.4. The van der Waals surface area contributed by atoms with Crippen LogP contribution in [0.1, 0.15) is 5.56 Å². The minimum atomic E-state index is -0.0525. The molecule has 0 aromatic heterocycles. The predicted molar refractivity (Wildman–Crippen MR) is 59.9 cm³/mol. The van der Waals surface area contributed by atoms with E-state index in [2.05, 4.69) is 0 Å². The number of benzene rings is 2. The molecule has 2 aromatic carbocycles. The molecule has 0 atom stereocenters. The highest BCUT2D eigenvalue weighted by Crippen LogP contribution is 2.27. The van der Waals surface area contributed by atoms with Crippen molar-refractivity contribution in [1.29, 1.82) is 5.26 Å². The summed E-state index contributed by atoms with van der Waals surface area (Å²) in [6.45, 7) is 0. The second-order valence-electron chi connectivity index (χ2n) is 3.39. The van der Waals surface area contributed by atoms with E-state index in [4.69, 9.17) is 5.26 Å². The number of phenols is 2. The predicted octanol–water partition coefficient (Wildman–Crippen LogP) is 2.64. The Morgan fingerprint density at radius 2 is 1.69 bits per heavy atom. The molecule has 78 valence electrons. The van der Waals surface area contributed by atoms with Crippen molar-refractivity contribution in [2.75, 3.05) is 0 Å². The van der Waals surface area contributed by atoms with Gasteiger partial charge < -0.3 is 10.2 Å². The Bertz CT molecular complexity index is 570. The molecule has 0 fully saturated rings. The Morgan fingerprint density at radius 1 is 0.938 bits per heavy atom. The summed E-state index contributed by atoms with van der Waals surface area (Å²) >= 11 is 0. The lowest BCUT2D eigenvalue weighted by atomic mass is 10.0. The largest absolute Gasteiger partial charge is 0.508 e. The molecule has 0 bridgehead atoms. The van der Waals surface area contributed by atoms with Crippen LogP contribution in [0, 0.1) is 11.3 Å². The summed E-state index contributed by atoms with van der Waals surface area (Å²) in [5, 5.41) is 27.5. The van der Waals surface area contributed by atoms with Crippen LogP contribution < -0.4 is 0 Å². The first-order valence-electron chi connectivity index (χ1n) is 4.73. The molecule has 3 nitrogen and oxygen atoms in total. The van der Waals surface area contributed by atoms with Gasteiger partial charge in [-0.25, -0.2) is 0 Å². The summed E-state index contributed by atoms with van der Waals surface area (Å²) in [6.07, 6.45) is 0. The van der Waals surface area contributed by atoms with Gasteiger partial charge in [-0.1, -0.05) is 18.2 Å². The summed E-state index contributed by atoms with van der Waals surface area (Å²) in [4.78, 5) is 0. The van der Waals surface area contributed by atoms with Crippen LogP contribution in [0.2, 0.25) is 0 Å². The van der Waals surface area contributed by atoms with Crippen molar-refractivity contribution in [2.45, 2.75) is 0 Å². The van der Waals surface area contributed by atoms with Crippen LogP contribution in [0.3, 0.4) is 0 Å². The molecule has 0 unspecified atom stereocenters. The van der Waals surface area contributed by atoms with Gasteiger partial charge in [0.25, 0.3) is 0 Å². The average Bonchev–Trinajstić information content (AvgIpc) is 2.29. The molecule has 0 heterocycles. The topological polar surface area (TPSA) is 64.2 Å². The fraction of sp³-hybridized carbons (Fsp3) is 0. The van der Waals surface area contributed by atoms with Crippen molar-refractivity contribution in [1.82, 2.24) is 0 Å². The molecule has 0 aliphatic carbocycles. The fourth-order valence-electron chi connectivity index (χ4n) is 1.49. The lowest BCUT2D eigenvalue weighted by Gasteiger charge is -2.03. The van der Waals surface area contributed by atoms with Gasteiger partial charge in [-0.15, -0.1) is 0 Å². The molecule has 2 N–H and O–H groups in total. The standard InChI is InChI=1S/C13H9NO2/c14-8-11-5-4-10(7-13(11)16)9-2-1-3-12(15)6-9/h1-7,15-16H. The quantitative estimate of drug-likeness (QED) is 0.762. The van der Waals surface area contributed by atoms with E-state index in [0.717, 1.165) is 11.1 Å². The highest BCUT2D eigenvalue weighted by molar-refractivity contribution is 5.68. The fourth-order valence-corrected chi connectivity index (χ4v) is 1.49. The van der Waals surface area contributed by atoms with Crippen molar-refractivity contribution in [3.8, 4) is 28.7 Å². The van der Waals surface area contributed by atoms with Crippen molar-refractivity contribution in [2.24, 2.45) is 0 Å². The monoisotopic (exact) mass is 211 g/mol. The number of hydrogen-bond donors (Lipinski definition) is 2. The zero-order valence-electron chi connectivity index (χ0n) is 8.38. The van der Waals surface area contributed by atoms with E-state index in [9.17, 15) is 10.2 Å². The van der Waals surface area contributed by atoms with Crippen LogP contribution >= 0.6 is 0 Å². The van der Waals surface area contributed by atoms with E-state index in [1.165, 1.54) is 6.07 Å². The highest BCUT2D eigenvalue weighted by atomic mass is 16.3. The van der Waals surface area contributed by atoms with E-state index in [-0.39, 0.29) is 17.1 Å². The third kappa shape index (κ3) is 1.82. The van der Waals surface area contributed by atoms with Crippen LogP contribution in [-0.4, -0.2) is 10.2 Å². The average molecular weight is 211 g/mol. The van der Waals surface area contributed by atoms with E-state index in [1.54, 1.807) is 30.3 Å². The third-order valence-corrected chi connectivity index (χ3v) is 2.30. The number of hydrogen-bond acceptors (Lipinski definition) is 3. The second-order valence-corrected chi connectivity index (χ2v) is 3.39. The maximum atomic E-state index is 9.54. The Balaban J connectivity index is 2.50. The number of aromatic hydroxyl groups is 2. The molecule has 0 amide bonds. The van der Waals surface area contributed by atoms with Gasteiger partial charge in [-0.05, 0) is 35.4 Å². The molecule has 0 aliphatic rings. The van der Waals surface area contributed by atoms with E-state index < -0.39 is 0 Å². The first kappa shape index (κ1) is 10.1. The van der Waals surface area contributed by atoms with Gasteiger partial charge in [0.2, 0.25) is 0 Å². The summed E-state index contributed by atoms with van der Waals surface area (Å²) < 4.78 is 0. The Labute approximate surface area is 92.8 Å². The maximum absolute atomic E-state index is 9.54. The Kier molecular flexibility index (Phi) is 2.49. The third-order valence-electron chi connectivity index (χ3n) is 2.30. The molecule has 2 aromatic rings. The van der Waals surface area contributed by atoms with Crippen molar-refractivity contribution in [3.63, 3.8) is 0 Å². The SMILES string of the molecule is N#Cc1ccc(-c2cccc(O)c2)cc1O. The van der Waals surface area contributed by atoms with Gasteiger partial charge in [0.1, 0.15) is 17.6 Å².